The van der Waals surface area contributed by atoms with Gasteiger partial charge in [-0.2, -0.15) is 5.10 Å². The Hall–Kier alpha value is -1.85. The number of benzene rings is 1. The first-order chi connectivity index (χ1) is 11.1. The zero-order valence-corrected chi connectivity index (χ0v) is 14.6. The van der Waals surface area contributed by atoms with Gasteiger partial charge in [-0.1, -0.05) is 18.2 Å². The third kappa shape index (κ3) is 3.26. The van der Waals surface area contributed by atoms with Crippen molar-refractivity contribution in [2.24, 2.45) is 5.10 Å². The zero-order valence-electron chi connectivity index (χ0n) is 13.1. The van der Waals surface area contributed by atoms with Crippen LogP contribution in [0.15, 0.2) is 46.9 Å². The van der Waals surface area contributed by atoms with Gasteiger partial charge in [-0.25, -0.2) is 5.01 Å². The van der Waals surface area contributed by atoms with E-state index in [-0.39, 0.29) is 17.8 Å². The minimum Gasteiger partial charge on any atom is -0.378 e. The fourth-order valence-corrected chi connectivity index (χ4v) is 3.49. The van der Waals surface area contributed by atoms with Crippen molar-refractivity contribution in [2.45, 2.75) is 12.5 Å². The summed E-state index contributed by atoms with van der Waals surface area (Å²) in [6.07, 6.45) is 0.713. The Morgan fingerprint density at radius 2 is 2.09 bits per heavy atom. The Bertz CT molecular complexity index is 710. The van der Waals surface area contributed by atoms with E-state index >= 15 is 0 Å². The molecule has 0 spiro atoms. The molecule has 0 aliphatic carbocycles. The summed E-state index contributed by atoms with van der Waals surface area (Å²) >= 11 is 7.40. The molecule has 1 aromatic heterocycles. The lowest BCUT2D eigenvalue weighted by atomic mass is 10.0. The molecule has 2 heterocycles. The first-order valence-corrected chi connectivity index (χ1v) is 8.78. The van der Waals surface area contributed by atoms with Gasteiger partial charge in [-0.3, -0.25) is 4.79 Å². The Balaban J connectivity index is 1.90. The van der Waals surface area contributed by atoms with E-state index in [1.54, 1.807) is 11.3 Å². The Morgan fingerprint density at radius 3 is 2.65 bits per heavy atom. The van der Waals surface area contributed by atoms with Crippen molar-refractivity contribution >= 4 is 40.2 Å². The van der Waals surface area contributed by atoms with Gasteiger partial charge in [-0.15, -0.1) is 22.9 Å². The summed E-state index contributed by atoms with van der Waals surface area (Å²) in [5.41, 5.74) is 3.14. The van der Waals surface area contributed by atoms with Crippen LogP contribution >= 0.6 is 22.9 Å². The second-order valence-electron chi connectivity index (χ2n) is 5.60. The highest BCUT2D eigenvalue weighted by molar-refractivity contribution is 7.12. The van der Waals surface area contributed by atoms with E-state index in [1.165, 1.54) is 5.01 Å². The third-order valence-electron chi connectivity index (χ3n) is 3.88. The van der Waals surface area contributed by atoms with Crippen LogP contribution in [0.3, 0.4) is 0 Å². The van der Waals surface area contributed by atoms with Crippen molar-refractivity contribution in [3.63, 3.8) is 0 Å². The van der Waals surface area contributed by atoms with Crippen molar-refractivity contribution in [1.29, 1.82) is 0 Å². The number of alkyl halides is 1. The highest BCUT2D eigenvalue weighted by Gasteiger charge is 2.32. The Labute approximate surface area is 145 Å². The smallest absolute Gasteiger partial charge is 0.258 e. The van der Waals surface area contributed by atoms with E-state index in [2.05, 4.69) is 29.4 Å². The van der Waals surface area contributed by atoms with E-state index in [9.17, 15) is 4.79 Å². The number of rotatable bonds is 4. The lowest BCUT2D eigenvalue weighted by molar-refractivity contribution is -0.130. The third-order valence-corrected chi connectivity index (χ3v) is 5.03. The van der Waals surface area contributed by atoms with Crippen LogP contribution in [0.5, 0.6) is 0 Å². The number of anilines is 1. The van der Waals surface area contributed by atoms with Crippen LogP contribution in [-0.2, 0) is 4.79 Å². The molecular formula is C17H18ClN3OS. The number of nitrogens with zero attached hydrogens (tertiary/aromatic N) is 3. The highest BCUT2D eigenvalue weighted by Crippen LogP contribution is 2.34. The van der Waals surface area contributed by atoms with Crippen molar-refractivity contribution in [2.75, 3.05) is 24.9 Å². The molecule has 1 atom stereocenters. The molecule has 1 amide bonds. The first kappa shape index (κ1) is 16.0. The maximum Gasteiger partial charge on any atom is 0.258 e. The summed E-state index contributed by atoms with van der Waals surface area (Å²) in [5.74, 6) is -0.229. The van der Waals surface area contributed by atoms with Crippen molar-refractivity contribution in [3.05, 3.63) is 52.2 Å². The lowest BCUT2D eigenvalue weighted by Gasteiger charge is -2.22. The fourth-order valence-electron chi connectivity index (χ4n) is 2.65. The molecule has 0 saturated carbocycles. The number of carbonyl (C=O) groups excluding carboxylic acids is 1. The van der Waals surface area contributed by atoms with Crippen molar-refractivity contribution < 1.29 is 4.79 Å². The molecule has 0 fully saturated rings. The van der Waals surface area contributed by atoms with E-state index in [0.29, 0.717) is 6.42 Å². The topological polar surface area (TPSA) is 35.9 Å². The van der Waals surface area contributed by atoms with Gasteiger partial charge < -0.3 is 4.90 Å². The lowest BCUT2D eigenvalue weighted by Crippen LogP contribution is -2.28. The number of hydrogen-bond donors (Lipinski definition) is 0. The van der Waals surface area contributed by atoms with Crippen LogP contribution < -0.4 is 4.90 Å². The summed E-state index contributed by atoms with van der Waals surface area (Å²) in [6, 6.07) is 12.2. The van der Waals surface area contributed by atoms with Crippen LogP contribution in [0, 0.1) is 0 Å². The van der Waals surface area contributed by atoms with Gasteiger partial charge >= 0.3 is 0 Å². The maximum absolute atomic E-state index is 12.2. The Kier molecular flexibility index (Phi) is 4.68. The standard InChI is InChI=1S/C17H18ClN3OS/c1-20(2)13-7-5-12(6-8-13)15-10-14(16-4-3-9-23-16)19-21(15)17(22)11-18/h3-9,15H,10-11H2,1-2H3. The summed E-state index contributed by atoms with van der Waals surface area (Å²) in [7, 11) is 4.01. The molecule has 6 heteroatoms. The van der Waals surface area contributed by atoms with Crippen molar-refractivity contribution in [1.82, 2.24) is 5.01 Å². The molecule has 1 aliphatic heterocycles. The number of carbonyl (C=O) groups is 1. The van der Waals surface area contributed by atoms with Gasteiger partial charge in [0.15, 0.2) is 0 Å². The van der Waals surface area contributed by atoms with E-state index in [1.807, 2.05) is 36.5 Å². The van der Waals surface area contributed by atoms with Crippen molar-refractivity contribution in [3.8, 4) is 0 Å². The van der Waals surface area contributed by atoms with Crippen LogP contribution in [0.2, 0.25) is 0 Å². The van der Waals surface area contributed by atoms with E-state index in [4.69, 9.17) is 11.6 Å². The van der Waals surface area contributed by atoms with Gasteiger partial charge in [0.05, 0.1) is 16.6 Å². The second kappa shape index (κ2) is 6.72. The summed E-state index contributed by atoms with van der Waals surface area (Å²) in [6.45, 7) is 0. The molecule has 0 bridgehead atoms. The molecule has 3 rings (SSSR count). The highest BCUT2D eigenvalue weighted by atomic mass is 35.5. The number of hydrazone groups is 1. The molecule has 1 aliphatic rings. The number of hydrogen-bond acceptors (Lipinski definition) is 4. The molecule has 0 N–H and O–H groups in total. The first-order valence-electron chi connectivity index (χ1n) is 7.37. The van der Waals surface area contributed by atoms with Gasteiger partial charge in [0.2, 0.25) is 0 Å². The minimum atomic E-state index is -0.167. The SMILES string of the molecule is CN(C)c1ccc(C2CC(c3cccs3)=NN2C(=O)CCl)cc1. The summed E-state index contributed by atoms with van der Waals surface area (Å²) in [5, 5.41) is 8.09. The monoisotopic (exact) mass is 347 g/mol. The summed E-state index contributed by atoms with van der Waals surface area (Å²) in [4.78, 5) is 15.3. The molecule has 120 valence electrons. The zero-order chi connectivity index (χ0) is 16.4. The average Bonchev–Trinajstić information content (AvgIpc) is 3.23. The van der Waals surface area contributed by atoms with Crippen LogP contribution in [0.1, 0.15) is 22.9 Å². The molecule has 4 nitrogen and oxygen atoms in total. The molecule has 0 saturated heterocycles. The van der Waals surface area contributed by atoms with Gasteiger partial charge in [0.25, 0.3) is 5.91 Å². The number of thiophene rings is 1. The predicted octanol–water partition coefficient (Wildman–Crippen LogP) is 3.73. The van der Waals surface area contributed by atoms with Crippen LogP contribution in [0.25, 0.3) is 0 Å². The maximum atomic E-state index is 12.2. The van der Waals surface area contributed by atoms with Gasteiger partial charge in [0, 0.05) is 26.2 Å². The van der Waals surface area contributed by atoms with Crippen LogP contribution in [-0.4, -0.2) is 36.6 Å². The van der Waals surface area contributed by atoms with Crippen LogP contribution in [0.4, 0.5) is 5.69 Å². The van der Waals surface area contributed by atoms with Gasteiger partial charge in [-0.05, 0) is 29.1 Å². The number of halogens is 1. The molecule has 0 radical (unpaired) electrons. The van der Waals surface area contributed by atoms with E-state index < -0.39 is 0 Å². The minimum absolute atomic E-state index is 0.0620. The average molecular weight is 348 g/mol. The van der Waals surface area contributed by atoms with Gasteiger partial charge in [0.1, 0.15) is 5.88 Å². The fraction of sp³-hybridized carbons (Fsp3) is 0.294. The molecular weight excluding hydrogens is 330 g/mol. The quantitative estimate of drug-likeness (QED) is 0.790. The number of amides is 1. The molecule has 2 aromatic rings. The molecule has 1 unspecified atom stereocenters. The molecule has 23 heavy (non-hydrogen) atoms. The largest absolute Gasteiger partial charge is 0.378 e. The summed E-state index contributed by atoms with van der Waals surface area (Å²) < 4.78 is 0. The normalized spacial score (nSPS) is 17.3. The Morgan fingerprint density at radius 1 is 1.35 bits per heavy atom. The van der Waals surface area contributed by atoms with E-state index in [0.717, 1.165) is 21.8 Å². The molecule has 1 aromatic carbocycles. The second-order valence-corrected chi connectivity index (χ2v) is 6.82. The predicted molar refractivity (Wildman–Crippen MR) is 96.5 cm³/mol.